The van der Waals surface area contributed by atoms with E-state index in [1.807, 2.05) is 31.2 Å². The predicted molar refractivity (Wildman–Crippen MR) is 176 cm³/mol. The number of carboxylic acids is 1. The van der Waals surface area contributed by atoms with Gasteiger partial charge in [-0.15, -0.1) is 0 Å². The van der Waals surface area contributed by atoms with Crippen LogP contribution in [0.2, 0.25) is 16.6 Å². The molecule has 0 fully saturated rings. The van der Waals surface area contributed by atoms with Crippen LogP contribution in [0.1, 0.15) is 108 Å². The molecule has 0 spiro atoms. The van der Waals surface area contributed by atoms with Gasteiger partial charge in [0.05, 0.1) is 25.9 Å². The van der Waals surface area contributed by atoms with Crippen LogP contribution in [0.25, 0.3) is 0 Å². The number of carboxylic acid groups (broad SMARTS) is 1. The van der Waals surface area contributed by atoms with Crippen LogP contribution in [0, 0.1) is 11.8 Å². The highest BCUT2D eigenvalue weighted by Gasteiger charge is 2.49. The number of amides is 1. The number of alkyl carbamates (subject to hydrolysis) is 1. The predicted octanol–water partition coefficient (Wildman–Crippen LogP) is 8.58. The van der Waals surface area contributed by atoms with Crippen molar-refractivity contribution in [3.8, 4) is 5.75 Å². The van der Waals surface area contributed by atoms with E-state index in [1.165, 1.54) is 0 Å². The summed E-state index contributed by atoms with van der Waals surface area (Å²) < 4.78 is 24.7. The quantitative estimate of drug-likeness (QED) is 0.158. The third-order valence-corrected chi connectivity index (χ3v) is 14.4. The number of hydrogen-bond acceptors (Lipinski definition) is 6. The average Bonchev–Trinajstić information content (AvgIpc) is 2.88. The number of benzene rings is 1. The Morgan fingerprint density at radius 3 is 1.84 bits per heavy atom. The topological polar surface area (TPSA) is 103 Å². The zero-order chi connectivity index (χ0) is 33.1. The van der Waals surface area contributed by atoms with Gasteiger partial charge < -0.3 is 29.1 Å². The van der Waals surface area contributed by atoms with Crippen molar-refractivity contribution in [1.82, 2.24) is 5.32 Å². The molecule has 0 saturated heterocycles. The maximum atomic E-state index is 12.7. The van der Waals surface area contributed by atoms with E-state index in [0.29, 0.717) is 29.1 Å². The first-order valence-corrected chi connectivity index (χ1v) is 18.1. The summed E-state index contributed by atoms with van der Waals surface area (Å²) >= 11 is 0. The molecule has 0 radical (unpaired) electrons. The minimum atomic E-state index is -2.39. The molecule has 0 heterocycles. The third kappa shape index (κ3) is 12.4. The van der Waals surface area contributed by atoms with E-state index >= 15 is 0 Å². The van der Waals surface area contributed by atoms with Crippen molar-refractivity contribution in [3.05, 3.63) is 29.8 Å². The number of ether oxygens (including phenoxy) is 3. The molecule has 8 nitrogen and oxygen atoms in total. The van der Waals surface area contributed by atoms with Gasteiger partial charge in [-0.3, -0.25) is 0 Å². The Labute approximate surface area is 262 Å². The van der Waals surface area contributed by atoms with Crippen LogP contribution < -0.4 is 10.1 Å². The monoisotopic (exact) mass is 623 g/mol. The van der Waals surface area contributed by atoms with Gasteiger partial charge in [-0.1, -0.05) is 73.9 Å². The molecule has 4 atom stereocenters. The fraction of sp³-hybridized carbons (Fsp3) is 0.765. The average molecular weight is 624 g/mol. The third-order valence-electron chi connectivity index (χ3n) is 8.29. The molecule has 2 N–H and O–H groups in total. The molecule has 0 aliphatic rings. The molecule has 1 amide bonds. The van der Waals surface area contributed by atoms with Gasteiger partial charge in [0, 0.05) is 0 Å². The number of carbonyl (C=O) groups is 2. The number of hydrogen-bond donors (Lipinski definition) is 2. The van der Waals surface area contributed by atoms with Gasteiger partial charge in [0.15, 0.2) is 0 Å². The van der Waals surface area contributed by atoms with Gasteiger partial charge in [-0.05, 0) is 86.7 Å². The van der Waals surface area contributed by atoms with Crippen molar-refractivity contribution < 1.29 is 33.3 Å². The van der Waals surface area contributed by atoms with Crippen LogP contribution in [0.3, 0.4) is 0 Å². The lowest BCUT2D eigenvalue weighted by Gasteiger charge is -2.48. The molecular weight excluding hydrogens is 562 g/mol. The van der Waals surface area contributed by atoms with E-state index in [1.54, 1.807) is 27.9 Å². The molecule has 0 aromatic heterocycles. The van der Waals surface area contributed by atoms with Crippen LogP contribution in [0.5, 0.6) is 5.75 Å². The largest absolute Gasteiger partial charge is 0.497 e. The van der Waals surface area contributed by atoms with E-state index < -0.39 is 32.0 Å². The van der Waals surface area contributed by atoms with E-state index in [9.17, 15) is 14.7 Å². The lowest BCUT2D eigenvalue weighted by molar-refractivity contribution is -0.140. The lowest BCUT2D eigenvalue weighted by atomic mass is 9.85. The summed E-state index contributed by atoms with van der Waals surface area (Å²) in [5, 5.41) is 12.8. The highest BCUT2D eigenvalue weighted by molar-refractivity contribution is 6.77. The molecule has 1 aromatic carbocycles. The van der Waals surface area contributed by atoms with Crippen molar-refractivity contribution in [1.29, 1.82) is 0 Å². The number of aliphatic carboxylic acids is 1. The second kappa shape index (κ2) is 17.4. The second-order valence-corrected chi connectivity index (χ2v) is 19.7. The van der Waals surface area contributed by atoms with Crippen LogP contribution in [-0.2, 0) is 25.3 Å². The van der Waals surface area contributed by atoms with Crippen molar-refractivity contribution >= 4 is 20.4 Å². The Bertz CT molecular complexity index is 950. The Kier molecular flexibility index (Phi) is 15.8. The fourth-order valence-corrected chi connectivity index (χ4v) is 11.9. The van der Waals surface area contributed by atoms with Crippen LogP contribution in [0.4, 0.5) is 4.79 Å². The lowest BCUT2D eigenvalue weighted by Crippen LogP contribution is -2.55. The van der Waals surface area contributed by atoms with Gasteiger partial charge in [0.1, 0.15) is 17.4 Å². The summed E-state index contributed by atoms with van der Waals surface area (Å²) in [6.45, 7) is 25.5. The Morgan fingerprint density at radius 1 is 0.884 bits per heavy atom. The first-order chi connectivity index (χ1) is 19.8. The fourth-order valence-electron chi connectivity index (χ4n) is 6.20. The second-order valence-electron chi connectivity index (χ2n) is 14.3. The standard InChI is InChI=1S/C34H61NO7Si/c1-22(2)14-17-28(20-30(32(36)37)35-33(38)41-34(10,11)12)31(42-43(23(3)4,24(5)6)25(7)8)26(9)40-21-27-15-18-29(39-13)19-16-27/h15-16,18-19,22-26,28,30-31H,14,17,20-21H2,1-13H3,(H,35,38)(H,36,37)/t26-,28-,30-,31-/m0/s1. The Morgan fingerprint density at radius 2 is 1.42 bits per heavy atom. The molecule has 248 valence electrons. The SMILES string of the molecule is COc1ccc(CO[C@@H](C)[C@H](O[Si](C(C)C)(C(C)C)C(C)C)[C@@H](CCC(C)C)C[C@H](NC(=O)OC(C)(C)C)C(=O)O)cc1. The van der Waals surface area contributed by atoms with Crippen LogP contribution >= 0.6 is 0 Å². The van der Waals surface area contributed by atoms with Crippen LogP contribution in [0.15, 0.2) is 24.3 Å². The molecule has 0 saturated carbocycles. The van der Waals surface area contributed by atoms with Crippen LogP contribution in [-0.4, -0.2) is 56.4 Å². The van der Waals surface area contributed by atoms with Gasteiger partial charge in [0.2, 0.25) is 8.32 Å². The van der Waals surface area contributed by atoms with E-state index in [-0.39, 0.29) is 24.5 Å². The zero-order valence-corrected chi connectivity index (χ0v) is 30.2. The minimum absolute atomic E-state index is 0.174. The van der Waals surface area contributed by atoms with Gasteiger partial charge >= 0.3 is 12.1 Å². The normalized spacial score (nSPS) is 15.5. The molecule has 1 aromatic rings. The Balaban J connectivity index is 3.54. The van der Waals surface area contributed by atoms with E-state index in [0.717, 1.165) is 24.2 Å². The van der Waals surface area contributed by atoms with Gasteiger partial charge in [-0.2, -0.15) is 0 Å². The maximum Gasteiger partial charge on any atom is 0.408 e. The Hall–Kier alpha value is -2.10. The summed E-state index contributed by atoms with van der Waals surface area (Å²) in [6, 6.07) is 6.67. The molecular formula is C34H61NO7Si. The maximum absolute atomic E-state index is 12.7. The molecule has 0 aliphatic heterocycles. The number of nitrogens with one attached hydrogen (secondary N) is 1. The first-order valence-electron chi connectivity index (χ1n) is 16.0. The van der Waals surface area contributed by atoms with Gasteiger partial charge in [0.25, 0.3) is 0 Å². The van der Waals surface area contributed by atoms with Crippen molar-refractivity contribution in [2.75, 3.05) is 7.11 Å². The van der Waals surface area contributed by atoms with Gasteiger partial charge in [-0.25, -0.2) is 9.59 Å². The van der Waals surface area contributed by atoms with E-state index in [4.69, 9.17) is 18.6 Å². The summed E-state index contributed by atoms with van der Waals surface area (Å²) in [6.07, 6.45) is 0.433. The highest BCUT2D eigenvalue weighted by atomic mass is 28.4. The minimum Gasteiger partial charge on any atom is -0.497 e. The number of carbonyl (C=O) groups excluding carboxylic acids is 1. The van der Waals surface area contributed by atoms with Crippen molar-refractivity contribution in [2.24, 2.45) is 11.8 Å². The summed E-state index contributed by atoms with van der Waals surface area (Å²) in [7, 11) is -0.749. The molecule has 1 rings (SSSR count). The summed E-state index contributed by atoms with van der Waals surface area (Å²) in [5.74, 6) is -0.0629. The number of rotatable bonds is 18. The highest BCUT2D eigenvalue weighted by Crippen LogP contribution is 2.45. The van der Waals surface area contributed by atoms with E-state index in [2.05, 4.69) is 60.7 Å². The molecule has 0 unspecified atom stereocenters. The molecule has 0 bridgehead atoms. The smallest absolute Gasteiger partial charge is 0.408 e. The summed E-state index contributed by atoms with van der Waals surface area (Å²) in [5.41, 5.74) is 1.29. The van der Waals surface area contributed by atoms with Crippen molar-refractivity contribution in [3.63, 3.8) is 0 Å². The molecule has 0 aliphatic carbocycles. The van der Waals surface area contributed by atoms with Crippen molar-refractivity contribution in [2.45, 2.75) is 149 Å². The molecule has 9 heteroatoms. The zero-order valence-electron chi connectivity index (χ0n) is 29.2. The summed E-state index contributed by atoms with van der Waals surface area (Å²) in [4.78, 5) is 25.2. The molecule has 43 heavy (non-hydrogen) atoms. The first kappa shape index (κ1) is 38.9. The number of methoxy groups -OCH3 is 1.